The zero-order chi connectivity index (χ0) is 11.0. The van der Waals surface area contributed by atoms with Gasteiger partial charge in [-0.15, -0.1) is 0 Å². The van der Waals surface area contributed by atoms with Crippen molar-refractivity contribution in [2.45, 2.75) is 34.1 Å². The third-order valence-corrected chi connectivity index (χ3v) is 1.89. The van der Waals surface area contributed by atoms with E-state index in [1.807, 2.05) is 20.9 Å². The van der Waals surface area contributed by atoms with Crippen LogP contribution >= 0.6 is 0 Å². The normalized spacial score (nSPS) is 9.29. The molecule has 0 saturated carbocycles. The second-order valence-corrected chi connectivity index (χ2v) is 3.54. The lowest BCUT2D eigenvalue weighted by atomic mass is 10.0. The predicted octanol–water partition coefficient (Wildman–Crippen LogP) is 3.95. The van der Waals surface area contributed by atoms with E-state index < -0.39 is 0 Å². The van der Waals surface area contributed by atoms with Gasteiger partial charge in [-0.1, -0.05) is 39.8 Å². The van der Waals surface area contributed by atoms with E-state index in [0.717, 1.165) is 5.92 Å². The van der Waals surface area contributed by atoms with E-state index in [-0.39, 0.29) is 0 Å². The number of nitrogens with one attached hydrogen (secondary N) is 1. The maximum absolute atomic E-state index is 3.11. The summed E-state index contributed by atoms with van der Waals surface area (Å²) in [5.41, 5.74) is 2.60. The highest BCUT2D eigenvalue weighted by Gasteiger charge is 1.96. The molecule has 0 atom stereocenters. The Kier molecular flexibility index (Phi) is 6.91. The van der Waals surface area contributed by atoms with Gasteiger partial charge in [0.2, 0.25) is 0 Å². The maximum atomic E-state index is 3.11. The molecular weight excluding hydrogens is 170 g/mol. The molecule has 0 aliphatic heterocycles. The molecule has 0 amide bonds. The lowest BCUT2D eigenvalue weighted by Crippen LogP contribution is -1.94. The van der Waals surface area contributed by atoms with E-state index in [1.54, 1.807) is 0 Å². The van der Waals surface area contributed by atoms with Gasteiger partial charge in [-0.3, -0.25) is 0 Å². The largest absolute Gasteiger partial charge is 0.388 e. The van der Waals surface area contributed by atoms with Crippen molar-refractivity contribution in [2.24, 2.45) is 5.92 Å². The molecule has 0 aliphatic carbocycles. The predicted molar refractivity (Wildman–Crippen MR) is 65.9 cm³/mol. The minimum absolute atomic E-state index is 0.741. The highest BCUT2D eigenvalue weighted by molar-refractivity contribution is 5.43. The van der Waals surface area contributed by atoms with Crippen LogP contribution in [0.1, 0.15) is 33.3 Å². The van der Waals surface area contributed by atoms with Gasteiger partial charge in [-0.2, -0.15) is 0 Å². The third-order valence-electron chi connectivity index (χ3n) is 1.89. The Morgan fingerprint density at radius 1 is 1.07 bits per heavy atom. The first-order chi connectivity index (χ1) is 6.72. The molecule has 14 heavy (non-hydrogen) atoms. The van der Waals surface area contributed by atoms with Gasteiger partial charge in [0, 0.05) is 12.7 Å². The number of anilines is 1. The number of benzene rings is 1. The second-order valence-electron chi connectivity index (χ2n) is 3.54. The third kappa shape index (κ3) is 4.90. The summed E-state index contributed by atoms with van der Waals surface area (Å²) >= 11 is 0. The molecule has 1 heteroatoms. The quantitative estimate of drug-likeness (QED) is 0.766. The fourth-order valence-electron chi connectivity index (χ4n) is 1.28. The number of hydrogen-bond acceptors (Lipinski definition) is 1. The fraction of sp³-hybridized carbons (Fsp3) is 0.538. The number of hydrogen-bond donors (Lipinski definition) is 1. The van der Waals surface area contributed by atoms with Crippen molar-refractivity contribution in [1.29, 1.82) is 0 Å². The van der Waals surface area contributed by atoms with Gasteiger partial charge in [0.25, 0.3) is 0 Å². The van der Waals surface area contributed by atoms with Crippen LogP contribution in [0.3, 0.4) is 0 Å². The molecule has 0 heterocycles. The molecule has 1 N–H and O–H groups in total. The van der Waals surface area contributed by atoms with Crippen molar-refractivity contribution in [1.82, 2.24) is 0 Å². The summed E-state index contributed by atoms with van der Waals surface area (Å²) in [6, 6.07) is 8.62. The first-order valence-electron chi connectivity index (χ1n) is 5.49. The van der Waals surface area contributed by atoms with Crippen LogP contribution in [0.2, 0.25) is 0 Å². The molecule has 0 radical (unpaired) electrons. The molecule has 0 fully saturated rings. The van der Waals surface area contributed by atoms with E-state index in [2.05, 4.69) is 43.4 Å². The summed E-state index contributed by atoms with van der Waals surface area (Å²) in [7, 11) is 1.94. The van der Waals surface area contributed by atoms with Gasteiger partial charge in [0.05, 0.1) is 0 Å². The monoisotopic (exact) mass is 193 g/mol. The molecule has 0 saturated heterocycles. The molecule has 0 aliphatic rings. The lowest BCUT2D eigenvalue weighted by molar-refractivity contribution is 0.647. The van der Waals surface area contributed by atoms with Crippen LogP contribution in [0.15, 0.2) is 24.3 Å². The van der Waals surface area contributed by atoms with Crippen molar-refractivity contribution < 1.29 is 0 Å². The van der Waals surface area contributed by atoms with Crippen LogP contribution in [-0.4, -0.2) is 7.05 Å². The Hall–Kier alpha value is -0.980. The van der Waals surface area contributed by atoms with E-state index >= 15 is 0 Å². The Balaban J connectivity index is 0.000000791. The molecule has 1 rings (SSSR count). The van der Waals surface area contributed by atoms with Crippen LogP contribution in [0.4, 0.5) is 5.69 Å². The van der Waals surface area contributed by atoms with Crippen molar-refractivity contribution in [3.8, 4) is 0 Å². The Bertz CT molecular complexity index is 223. The summed E-state index contributed by atoms with van der Waals surface area (Å²) < 4.78 is 0. The topological polar surface area (TPSA) is 12.0 Å². The average Bonchev–Trinajstić information content (AvgIpc) is 2.21. The summed E-state index contributed by atoms with van der Waals surface area (Å²) in [5, 5.41) is 3.11. The van der Waals surface area contributed by atoms with E-state index in [9.17, 15) is 0 Å². The van der Waals surface area contributed by atoms with E-state index in [4.69, 9.17) is 0 Å². The van der Waals surface area contributed by atoms with Crippen LogP contribution in [0.5, 0.6) is 0 Å². The Morgan fingerprint density at radius 3 is 1.93 bits per heavy atom. The summed E-state index contributed by atoms with van der Waals surface area (Å²) in [4.78, 5) is 0. The molecule has 0 bridgehead atoms. The van der Waals surface area contributed by atoms with Crippen molar-refractivity contribution in [2.75, 3.05) is 12.4 Å². The minimum Gasteiger partial charge on any atom is -0.388 e. The van der Waals surface area contributed by atoms with E-state index in [0.29, 0.717) is 0 Å². The average molecular weight is 193 g/mol. The Labute approximate surface area is 88.5 Å². The number of rotatable bonds is 3. The zero-order valence-corrected chi connectivity index (χ0v) is 10.1. The van der Waals surface area contributed by atoms with Crippen LogP contribution < -0.4 is 5.32 Å². The molecule has 1 nitrogen and oxygen atoms in total. The molecule has 1 aromatic carbocycles. The summed E-state index contributed by atoms with van der Waals surface area (Å²) in [5.74, 6) is 0.741. The van der Waals surface area contributed by atoms with Crippen LogP contribution in [0, 0.1) is 5.92 Å². The van der Waals surface area contributed by atoms with Crippen molar-refractivity contribution in [3.63, 3.8) is 0 Å². The van der Waals surface area contributed by atoms with Gasteiger partial charge in [0.1, 0.15) is 0 Å². The summed E-state index contributed by atoms with van der Waals surface area (Å²) in [6.45, 7) is 8.48. The van der Waals surface area contributed by atoms with Crippen molar-refractivity contribution >= 4 is 5.69 Å². The van der Waals surface area contributed by atoms with Gasteiger partial charge >= 0.3 is 0 Å². The molecule has 0 aromatic heterocycles. The minimum atomic E-state index is 0.741. The smallest absolute Gasteiger partial charge is 0.0337 e. The standard InChI is InChI=1S/C11H17N.C2H6/c1-9(2)8-10-4-6-11(12-3)7-5-10;1-2/h4-7,9,12H,8H2,1-3H3;1-2H3. The summed E-state index contributed by atoms with van der Waals surface area (Å²) in [6.07, 6.45) is 1.17. The van der Waals surface area contributed by atoms with E-state index in [1.165, 1.54) is 17.7 Å². The second kappa shape index (κ2) is 7.43. The zero-order valence-electron chi connectivity index (χ0n) is 10.1. The van der Waals surface area contributed by atoms with Crippen molar-refractivity contribution in [3.05, 3.63) is 29.8 Å². The first-order valence-corrected chi connectivity index (χ1v) is 5.49. The maximum Gasteiger partial charge on any atom is 0.0337 e. The van der Waals surface area contributed by atoms with Gasteiger partial charge in [0.15, 0.2) is 0 Å². The lowest BCUT2D eigenvalue weighted by Gasteiger charge is -2.05. The molecule has 0 spiro atoms. The highest BCUT2D eigenvalue weighted by atomic mass is 14.8. The first kappa shape index (κ1) is 13.0. The van der Waals surface area contributed by atoms with Gasteiger partial charge in [-0.25, -0.2) is 0 Å². The highest BCUT2D eigenvalue weighted by Crippen LogP contribution is 2.11. The van der Waals surface area contributed by atoms with Gasteiger partial charge in [-0.05, 0) is 30.0 Å². The van der Waals surface area contributed by atoms with Gasteiger partial charge < -0.3 is 5.32 Å². The van der Waals surface area contributed by atoms with Crippen LogP contribution in [0.25, 0.3) is 0 Å². The van der Waals surface area contributed by atoms with Crippen LogP contribution in [-0.2, 0) is 6.42 Å². The molecular formula is C13H23N. The fourth-order valence-corrected chi connectivity index (χ4v) is 1.28. The molecule has 80 valence electrons. The molecule has 0 unspecified atom stereocenters. The SMILES string of the molecule is CC.CNc1ccc(CC(C)C)cc1. The Morgan fingerprint density at radius 2 is 1.57 bits per heavy atom. The molecule has 1 aromatic rings.